The first-order chi connectivity index (χ1) is 9.32. The van der Waals surface area contributed by atoms with E-state index in [1.54, 1.807) is 13.1 Å². The molecule has 1 heterocycles. The van der Waals surface area contributed by atoms with Crippen LogP contribution in [0.3, 0.4) is 0 Å². The minimum atomic E-state index is -4.71. The van der Waals surface area contributed by atoms with Crippen molar-refractivity contribution in [3.8, 4) is 0 Å². The van der Waals surface area contributed by atoms with Crippen LogP contribution >= 0.6 is 11.3 Å². The van der Waals surface area contributed by atoms with Crippen LogP contribution in [0.2, 0.25) is 0 Å². The van der Waals surface area contributed by atoms with Gasteiger partial charge in [-0.3, -0.25) is 5.84 Å². The number of hydrazine groups is 1. The van der Waals surface area contributed by atoms with Crippen molar-refractivity contribution in [1.82, 2.24) is 10.4 Å². The van der Waals surface area contributed by atoms with E-state index in [0.717, 1.165) is 11.1 Å². The third-order valence-corrected chi connectivity index (χ3v) is 3.70. The van der Waals surface area contributed by atoms with Gasteiger partial charge in [0.05, 0.1) is 16.6 Å². The van der Waals surface area contributed by atoms with Crippen molar-refractivity contribution >= 4 is 11.3 Å². The average molecular weight is 305 g/mol. The monoisotopic (exact) mass is 305 g/mol. The second kappa shape index (κ2) is 5.47. The number of hydrogen-bond donors (Lipinski definition) is 2. The van der Waals surface area contributed by atoms with Crippen molar-refractivity contribution in [3.05, 3.63) is 51.2 Å². The SMILES string of the molecule is Cc1ncc(C(NN)c2ccc(C(F)(F)F)c(F)c2)s1. The first-order valence-electron chi connectivity index (χ1n) is 5.58. The van der Waals surface area contributed by atoms with Crippen molar-refractivity contribution in [2.75, 3.05) is 0 Å². The van der Waals surface area contributed by atoms with Crippen LogP contribution in [0.4, 0.5) is 17.6 Å². The highest BCUT2D eigenvalue weighted by Gasteiger charge is 2.34. The summed E-state index contributed by atoms with van der Waals surface area (Å²) in [6, 6.07) is 2.15. The van der Waals surface area contributed by atoms with Crippen LogP contribution in [0.5, 0.6) is 0 Å². The summed E-state index contributed by atoms with van der Waals surface area (Å²) in [7, 11) is 0. The molecule has 2 aromatic rings. The van der Waals surface area contributed by atoms with Gasteiger partial charge in [-0.15, -0.1) is 11.3 Å². The molecule has 1 aromatic carbocycles. The lowest BCUT2D eigenvalue weighted by Gasteiger charge is -2.16. The zero-order valence-electron chi connectivity index (χ0n) is 10.3. The van der Waals surface area contributed by atoms with E-state index in [1.807, 2.05) is 0 Å². The first-order valence-corrected chi connectivity index (χ1v) is 6.39. The van der Waals surface area contributed by atoms with E-state index in [0.29, 0.717) is 16.5 Å². The highest BCUT2D eigenvalue weighted by Crippen LogP contribution is 2.34. The first kappa shape index (κ1) is 14.9. The number of alkyl halides is 3. The van der Waals surface area contributed by atoms with Crippen LogP contribution in [-0.4, -0.2) is 4.98 Å². The van der Waals surface area contributed by atoms with E-state index in [4.69, 9.17) is 5.84 Å². The Balaban J connectivity index is 2.39. The van der Waals surface area contributed by atoms with E-state index in [1.165, 1.54) is 17.4 Å². The van der Waals surface area contributed by atoms with Gasteiger partial charge < -0.3 is 0 Å². The van der Waals surface area contributed by atoms with Crippen molar-refractivity contribution < 1.29 is 17.6 Å². The molecule has 0 aliphatic heterocycles. The Morgan fingerprint density at radius 2 is 2.05 bits per heavy atom. The molecule has 20 heavy (non-hydrogen) atoms. The number of nitrogens with zero attached hydrogens (tertiary/aromatic N) is 1. The maximum atomic E-state index is 13.6. The Morgan fingerprint density at radius 3 is 2.50 bits per heavy atom. The third kappa shape index (κ3) is 2.97. The van der Waals surface area contributed by atoms with Crippen LogP contribution in [-0.2, 0) is 6.18 Å². The summed E-state index contributed by atoms with van der Waals surface area (Å²) < 4.78 is 51.1. The minimum absolute atomic E-state index is 0.307. The Kier molecular flexibility index (Phi) is 4.07. The van der Waals surface area contributed by atoms with Crippen molar-refractivity contribution in [2.24, 2.45) is 5.84 Å². The summed E-state index contributed by atoms with van der Waals surface area (Å²) in [4.78, 5) is 4.74. The van der Waals surface area contributed by atoms with Gasteiger partial charge in [-0.25, -0.2) is 14.8 Å². The van der Waals surface area contributed by atoms with Crippen molar-refractivity contribution in [3.63, 3.8) is 0 Å². The molecule has 0 spiro atoms. The van der Waals surface area contributed by atoms with Gasteiger partial charge in [-0.1, -0.05) is 6.07 Å². The van der Waals surface area contributed by atoms with Gasteiger partial charge in [0.1, 0.15) is 5.82 Å². The molecule has 1 atom stereocenters. The van der Waals surface area contributed by atoms with Gasteiger partial charge in [-0.2, -0.15) is 13.2 Å². The molecular weight excluding hydrogens is 294 g/mol. The molecule has 1 aromatic heterocycles. The van der Waals surface area contributed by atoms with Crippen LogP contribution in [0.15, 0.2) is 24.4 Å². The van der Waals surface area contributed by atoms with Crippen molar-refractivity contribution in [1.29, 1.82) is 0 Å². The average Bonchev–Trinajstić information content (AvgIpc) is 2.75. The Hall–Kier alpha value is -1.51. The van der Waals surface area contributed by atoms with E-state index >= 15 is 0 Å². The van der Waals surface area contributed by atoms with Crippen LogP contribution < -0.4 is 11.3 Å². The maximum absolute atomic E-state index is 13.6. The Morgan fingerprint density at radius 1 is 1.35 bits per heavy atom. The summed E-state index contributed by atoms with van der Waals surface area (Å²) in [6.07, 6.45) is -3.16. The van der Waals surface area contributed by atoms with Crippen LogP contribution in [0.25, 0.3) is 0 Å². The molecule has 0 saturated carbocycles. The summed E-state index contributed by atoms with van der Waals surface area (Å²) >= 11 is 1.33. The molecule has 2 rings (SSSR count). The molecule has 0 amide bonds. The lowest BCUT2D eigenvalue weighted by atomic mass is 10.0. The van der Waals surface area contributed by atoms with E-state index < -0.39 is 23.6 Å². The number of rotatable bonds is 3. The molecule has 0 bridgehead atoms. The van der Waals surface area contributed by atoms with Gasteiger partial charge in [0.15, 0.2) is 0 Å². The summed E-state index contributed by atoms with van der Waals surface area (Å²) in [5.74, 6) is 4.08. The number of nitrogens with one attached hydrogen (secondary N) is 1. The fraction of sp³-hybridized carbons (Fsp3) is 0.250. The molecular formula is C12H11F4N3S. The normalized spacial score (nSPS) is 13.5. The Bertz CT molecular complexity index is 609. The fourth-order valence-electron chi connectivity index (χ4n) is 1.79. The summed E-state index contributed by atoms with van der Waals surface area (Å²) in [6.45, 7) is 1.79. The summed E-state index contributed by atoms with van der Waals surface area (Å²) in [5.41, 5.74) is 1.47. The minimum Gasteiger partial charge on any atom is -0.271 e. The predicted molar refractivity (Wildman–Crippen MR) is 67.4 cm³/mol. The molecule has 0 radical (unpaired) electrons. The topological polar surface area (TPSA) is 50.9 Å². The van der Waals surface area contributed by atoms with Gasteiger partial charge >= 0.3 is 6.18 Å². The fourth-order valence-corrected chi connectivity index (χ4v) is 2.67. The van der Waals surface area contributed by atoms with Gasteiger partial charge in [0.25, 0.3) is 0 Å². The molecule has 0 saturated heterocycles. The van der Waals surface area contributed by atoms with Gasteiger partial charge in [0.2, 0.25) is 0 Å². The zero-order valence-corrected chi connectivity index (χ0v) is 11.1. The third-order valence-electron chi connectivity index (χ3n) is 2.72. The Labute approximate surface area is 116 Å². The van der Waals surface area contributed by atoms with Gasteiger partial charge in [-0.05, 0) is 24.6 Å². The zero-order chi connectivity index (χ0) is 14.9. The number of halogens is 4. The number of aryl methyl sites for hydroxylation is 1. The maximum Gasteiger partial charge on any atom is 0.419 e. The highest BCUT2D eigenvalue weighted by molar-refractivity contribution is 7.11. The van der Waals surface area contributed by atoms with Crippen LogP contribution in [0, 0.1) is 12.7 Å². The molecule has 3 N–H and O–H groups in total. The predicted octanol–water partition coefficient (Wildman–Crippen LogP) is 3.16. The lowest BCUT2D eigenvalue weighted by Crippen LogP contribution is -2.28. The molecule has 3 nitrogen and oxygen atoms in total. The molecule has 0 aliphatic rings. The number of thiazole rings is 1. The second-order valence-corrected chi connectivity index (χ2v) is 5.38. The van der Waals surface area contributed by atoms with Crippen LogP contribution in [0.1, 0.15) is 27.1 Å². The van der Waals surface area contributed by atoms with E-state index in [-0.39, 0.29) is 0 Å². The van der Waals surface area contributed by atoms with E-state index in [9.17, 15) is 17.6 Å². The molecule has 0 aliphatic carbocycles. The second-order valence-electron chi connectivity index (χ2n) is 4.12. The van der Waals surface area contributed by atoms with E-state index in [2.05, 4.69) is 10.4 Å². The smallest absolute Gasteiger partial charge is 0.271 e. The number of hydrogen-bond acceptors (Lipinski definition) is 4. The number of nitrogens with two attached hydrogens (primary N) is 1. The van der Waals surface area contributed by atoms with Gasteiger partial charge in [0, 0.05) is 11.1 Å². The number of aromatic nitrogens is 1. The molecule has 108 valence electrons. The lowest BCUT2D eigenvalue weighted by molar-refractivity contribution is -0.140. The molecule has 0 fully saturated rings. The summed E-state index contributed by atoms with van der Waals surface area (Å²) in [5, 5.41) is 0.785. The van der Waals surface area contributed by atoms with Crippen molar-refractivity contribution in [2.45, 2.75) is 19.1 Å². The molecule has 8 heteroatoms. The standard InChI is InChI=1S/C12H11F4N3S/c1-6-18-5-10(20-6)11(19-17)7-2-3-8(9(13)4-7)12(14,15)16/h2-5,11,19H,17H2,1H3. The molecule has 1 unspecified atom stereocenters. The largest absolute Gasteiger partial charge is 0.419 e. The quantitative estimate of drug-likeness (QED) is 0.520. The number of benzene rings is 1. The highest BCUT2D eigenvalue weighted by atomic mass is 32.1.